The topological polar surface area (TPSA) is 46.6 Å². The summed E-state index contributed by atoms with van der Waals surface area (Å²) in [4.78, 5) is 25.7. The molecular formula is C20H33NO3. The Balaban J connectivity index is 0.00000254. The molecule has 0 unspecified atom stereocenters. The first-order valence-corrected chi connectivity index (χ1v) is 9.09. The van der Waals surface area contributed by atoms with E-state index in [0.717, 1.165) is 25.8 Å². The molecule has 0 N–H and O–H groups in total. The second-order valence-corrected chi connectivity index (χ2v) is 5.33. The summed E-state index contributed by atoms with van der Waals surface area (Å²) in [6.07, 6.45) is 11.3. The molecular weight excluding hydrogens is 302 g/mol. The van der Waals surface area contributed by atoms with Crippen LogP contribution in [0.4, 0.5) is 0 Å². The van der Waals surface area contributed by atoms with Crippen molar-refractivity contribution in [3.05, 3.63) is 36.5 Å². The molecule has 0 aromatic carbocycles. The van der Waals surface area contributed by atoms with Crippen LogP contribution in [0, 0.1) is 0 Å². The maximum Gasteiger partial charge on any atom is 0.338 e. The van der Waals surface area contributed by atoms with Gasteiger partial charge in [-0.15, -0.1) is 0 Å². The summed E-state index contributed by atoms with van der Waals surface area (Å²) in [5, 5.41) is 0. The van der Waals surface area contributed by atoms with Gasteiger partial charge in [-0.3, -0.25) is 4.79 Å². The van der Waals surface area contributed by atoms with Crippen molar-refractivity contribution in [3.63, 3.8) is 0 Å². The van der Waals surface area contributed by atoms with Gasteiger partial charge in [-0.25, -0.2) is 4.79 Å². The molecule has 1 rings (SSSR count). The maximum absolute atomic E-state index is 12.1. The van der Waals surface area contributed by atoms with E-state index in [1.54, 1.807) is 19.1 Å². The Morgan fingerprint density at radius 1 is 1.25 bits per heavy atom. The average molecular weight is 335 g/mol. The summed E-state index contributed by atoms with van der Waals surface area (Å²) in [7, 11) is 0. The van der Waals surface area contributed by atoms with Crippen LogP contribution in [-0.2, 0) is 14.3 Å². The zero-order valence-electron chi connectivity index (χ0n) is 15.7. The number of allylic oxidation sites excluding steroid dienone is 3. The molecule has 0 bridgehead atoms. The zero-order chi connectivity index (χ0) is 18.4. The highest BCUT2D eigenvalue weighted by Gasteiger charge is 2.31. The van der Waals surface area contributed by atoms with Gasteiger partial charge in [0.25, 0.3) is 0 Å². The quantitative estimate of drug-likeness (QED) is 0.337. The van der Waals surface area contributed by atoms with E-state index in [9.17, 15) is 9.59 Å². The molecule has 1 aliphatic rings. The summed E-state index contributed by atoms with van der Waals surface area (Å²) in [5.74, 6) is -0.145. The van der Waals surface area contributed by atoms with Crippen LogP contribution in [0.5, 0.6) is 0 Å². The first-order chi connectivity index (χ1) is 11.6. The van der Waals surface area contributed by atoms with Crippen LogP contribution in [0.25, 0.3) is 0 Å². The number of esters is 1. The summed E-state index contributed by atoms with van der Waals surface area (Å²) in [6.45, 7) is 12.7. The van der Waals surface area contributed by atoms with Gasteiger partial charge < -0.3 is 9.64 Å². The normalized spacial score (nSPS) is 13.9. The first kappa shape index (κ1) is 22.2. The number of rotatable bonds is 10. The molecule has 4 nitrogen and oxygen atoms in total. The lowest BCUT2D eigenvalue weighted by Gasteiger charge is -2.21. The minimum absolute atomic E-state index is 0.229. The van der Waals surface area contributed by atoms with Crippen molar-refractivity contribution in [2.75, 3.05) is 13.2 Å². The predicted octanol–water partition coefficient (Wildman–Crippen LogP) is 4.43. The smallest absolute Gasteiger partial charge is 0.338 e. The van der Waals surface area contributed by atoms with Crippen LogP contribution in [0.2, 0.25) is 0 Å². The number of carbonyl (C=O) groups excluding carboxylic acids is 2. The third-order valence-corrected chi connectivity index (χ3v) is 3.44. The maximum atomic E-state index is 12.1. The first-order valence-electron chi connectivity index (χ1n) is 9.09. The number of amides is 1. The summed E-state index contributed by atoms with van der Waals surface area (Å²) < 4.78 is 4.91. The average Bonchev–Trinajstić information content (AvgIpc) is 3.42. The molecule has 0 aromatic heterocycles. The molecule has 136 valence electrons. The largest absolute Gasteiger partial charge is 0.462 e. The highest BCUT2D eigenvalue weighted by molar-refractivity contribution is 5.91. The van der Waals surface area contributed by atoms with Gasteiger partial charge in [0.15, 0.2) is 0 Å². The van der Waals surface area contributed by atoms with E-state index < -0.39 is 0 Å². The van der Waals surface area contributed by atoms with Crippen molar-refractivity contribution in [1.82, 2.24) is 4.90 Å². The van der Waals surface area contributed by atoms with E-state index in [4.69, 9.17) is 4.74 Å². The number of nitrogens with zero attached hydrogens (tertiary/aromatic N) is 1. The van der Waals surface area contributed by atoms with Crippen molar-refractivity contribution >= 4 is 11.9 Å². The Morgan fingerprint density at radius 3 is 2.42 bits per heavy atom. The molecule has 1 aliphatic carbocycles. The van der Waals surface area contributed by atoms with E-state index in [-0.39, 0.29) is 11.9 Å². The lowest BCUT2D eigenvalue weighted by Crippen LogP contribution is -2.33. The summed E-state index contributed by atoms with van der Waals surface area (Å²) in [5.41, 5.74) is 0.426. The van der Waals surface area contributed by atoms with E-state index in [0.29, 0.717) is 31.1 Å². The van der Waals surface area contributed by atoms with Gasteiger partial charge in [-0.2, -0.15) is 0 Å². The van der Waals surface area contributed by atoms with E-state index >= 15 is 0 Å². The van der Waals surface area contributed by atoms with E-state index in [1.165, 1.54) is 6.08 Å². The van der Waals surface area contributed by atoms with Gasteiger partial charge in [-0.05, 0) is 38.7 Å². The van der Waals surface area contributed by atoms with Crippen LogP contribution in [0.1, 0.15) is 59.8 Å². The molecule has 0 atom stereocenters. The Kier molecular flexibility index (Phi) is 12.5. The van der Waals surface area contributed by atoms with Crippen LogP contribution < -0.4 is 0 Å². The van der Waals surface area contributed by atoms with Crippen molar-refractivity contribution in [2.24, 2.45) is 0 Å². The predicted molar refractivity (Wildman–Crippen MR) is 99.7 cm³/mol. The van der Waals surface area contributed by atoms with Crippen molar-refractivity contribution in [3.8, 4) is 0 Å². The molecule has 0 radical (unpaired) electrons. The SMILES string of the molecule is C=C/C(=C\C=C/CCC(=O)N(CCC)C1CC1)C(=O)OCC.CC. The molecule has 1 saturated carbocycles. The van der Waals surface area contributed by atoms with Gasteiger partial charge in [0.1, 0.15) is 0 Å². The van der Waals surface area contributed by atoms with Crippen LogP contribution >= 0.6 is 0 Å². The molecule has 24 heavy (non-hydrogen) atoms. The van der Waals surface area contributed by atoms with Crippen molar-refractivity contribution in [2.45, 2.75) is 65.8 Å². The Hall–Kier alpha value is -1.84. The third kappa shape index (κ3) is 8.70. The fourth-order valence-electron chi connectivity index (χ4n) is 2.19. The van der Waals surface area contributed by atoms with Crippen LogP contribution in [-0.4, -0.2) is 36.0 Å². The van der Waals surface area contributed by atoms with Crippen LogP contribution in [0.15, 0.2) is 36.5 Å². The Labute approximate surface area is 147 Å². The molecule has 0 spiro atoms. The molecule has 0 aliphatic heterocycles. The fourth-order valence-corrected chi connectivity index (χ4v) is 2.19. The van der Waals surface area contributed by atoms with Gasteiger partial charge >= 0.3 is 5.97 Å². The van der Waals surface area contributed by atoms with Gasteiger partial charge in [0.05, 0.1) is 12.2 Å². The highest BCUT2D eigenvalue weighted by Crippen LogP contribution is 2.27. The van der Waals surface area contributed by atoms with Crippen molar-refractivity contribution in [1.29, 1.82) is 0 Å². The zero-order valence-corrected chi connectivity index (χ0v) is 15.7. The highest BCUT2D eigenvalue weighted by atomic mass is 16.5. The number of hydrogen-bond acceptors (Lipinski definition) is 3. The molecule has 0 heterocycles. The van der Waals surface area contributed by atoms with Gasteiger partial charge in [0, 0.05) is 19.0 Å². The second kappa shape index (κ2) is 13.6. The number of ether oxygens (including phenoxy) is 1. The lowest BCUT2D eigenvalue weighted by atomic mass is 10.2. The van der Waals surface area contributed by atoms with E-state index in [1.807, 2.05) is 24.8 Å². The molecule has 0 saturated heterocycles. The summed E-state index contributed by atoms with van der Waals surface area (Å²) in [6, 6.07) is 0.479. The molecule has 1 amide bonds. The van der Waals surface area contributed by atoms with E-state index in [2.05, 4.69) is 13.5 Å². The monoisotopic (exact) mass is 335 g/mol. The summed E-state index contributed by atoms with van der Waals surface area (Å²) >= 11 is 0. The number of carbonyl (C=O) groups is 2. The standard InChI is InChI=1S/C18H27NO3.C2H6/c1-4-14-19(16-12-13-16)17(20)11-9-7-8-10-15(5-2)18(21)22-6-3;1-2/h5,7-8,10,16H,2,4,6,9,11-14H2,1,3H3;1-2H3/b8-7-,15-10+;. The Bertz CT molecular complexity index is 448. The Morgan fingerprint density at radius 2 is 1.92 bits per heavy atom. The third-order valence-electron chi connectivity index (χ3n) is 3.44. The molecule has 1 fully saturated rings. The fraction of sp³-hybridized carbons (Fsp3) is 0.600. The minimum Gasteiger partial charge on any atom is -0.462 e. The number of hydrogen-bond donors (Lipinski definition) is 0. The van der Waals surface area contributed by atoms with Gasteiger partial charge in [0.2, 0.25) is 5.91 Å². The van der Waals surface area contributed by atoms with Crippen molar-refractivity contribution < 1.29 is 14.3 Å². The minimum atomic E-state index is -0.374. The molecule has 0 aromatic rings. The molecule has 4 heteroatoms. The van der Waals surface area contributed by atoms with Gasteiger partial charge in [-0.1, -0.05) is 45.6 Å². The second-order valence-electron chi connectivity index (χ2n) is 5.33. The lowest BCUT2D eigenvalue weighted by molar-refractivity contribution is -0.138. The van der Waals surface area contributed by atoms with Crippen LogP contribution in [0.3, 0.4) is 0 Å².